The highest BCUT2D eigenvalue weighted by Crippen LogP contribution is 2.37. The predicted octanol–water partition coefficient (Wildman–Crippen LogP) is 3.09. The minimum absolute atomic E-state index is 0.0518. The van der Waals surface area contributed by atoms with E-state index in [1.165, 1.54) is 18.2 Å². The summed E-state index contributed by atoms with van der Waals surface area (Å²) in [5.41, 5.74) is 0.125. The van der Waals surface area contributed by atoms with Crippen LogP contribution in [-0.2, 0) is 0 Å². The summed E-state index contributed by atoms with van der Waals surface area (Å²) in [7, 11) is 0. The van der Waals surface area contributed by atoms with Crippen LogP contribution >= 0.6 is 0 Å². The molecule has 7 nitrogen and oxygen atoms in total. The zero-order chi connectivity index (χ0) is 14.0. The van der Waals surface area contributed by atoms with E-state index in [1.54, 1.807) is 12.1 Å². The third-order valence-electron chi connectivity index (χ3n) is 2.76. The second-order valence-electron chi connectivity index (χ2n) is 3.88. The lowest BCUT2D eigenvalue weighted by molar-refractivity contribution is -0.390. The lowest BCUT2D eigenvalue weighted by atomic mass is 10.0. The van der Waals surface area contributed by atoms with Gasteiger partial charge >= 0.3 is 0 Å². The van der Waals surface area contributed by atoms with Crippen LogP contribution in [0.15, 0.2) is 30.3 Å². The lowest BCUT2D eigenvalue weighted by Gasteiger charge is -2.08. The van der Waals surface area contributed by atoms with Crippen LogP contribution in [0.5, 0.6) is 0 Å². The van der Waals surface area contributed by atoms with Gasteiger partial charge in [-0.05, 0) is 13.0 Å². The van der Waals surface area contributed by atoms with Crippen molar-refractivity contribution < 1.29 is 9.85 Å². The maximum absolute atomic E-state index is 11.0. The zero-order valence-electron chi connectivity index (χ0n) is 10.1. The fourth-order valence-electron chi connectivity index (χ4n) is 2.02. The van der Waals surface area contributed by atoms with Crippen LogP contribution in [0.2, 0.25) is 0 Å². The van der Waals surface area contributed by atoms with Gasteiger partial charge in [-0.2, -0.15) is 0 Å². The molecule has 2 rings (SSSR count). The maximum Gasteiger partial charge on any atom is 0.284 e. The Kier molecular flexibility index (Phi) is 3.28. The number of nitro benzene ring substituents is 2. The Morgan fingerprint density at radius 2 is 1.68 bits per heavy atom. The van der Waals surface area contributed by atoms with Gasteiger partial charge in [0.15, 0.2) is 0 Å². The molecule has 0 spiro atoms. The van der Waals surface area contributed by atoms with Crippen molar-refractivity contribution in [3.8, 4) is 0 Å². The summed E-state index contributed by atoms with van der Waals surface area (Å²) in [6, 6.07) is 7.27. The number of anilines is 1. The molecule has 0 saturated carbocycles. The molecular weight excluding hydrogens is 250 g/mol. The van der Waals surface area contributed by atoms with Gasteiger partial charge in [-0.15, -0.1) is 0 Å². The summed E-state index contributed by atoms with van der Waals surface area (Å²) in [6.07, 6.45) is 0. The molecular formula is C12H11N3O4. The summed E-state index contributed by atoms with van der Waals surface area (Å²) in [5.74, 6) is 0. The number of benzene rings is 2. The van der Waals surface area contributed by atoms with E-state index in [0.29, 0.717) is 17.6 Å². The molecule has 0 aliphatic heterocycles. The molecule has 0 amide bonds. The van der Waals surface area contributed by atoms with Gasteiger partial charge < -0.3 is 5.32 Å². The predicted molar refractivity (Wildman–Crippen MR) is 71.4 cm³/mol. The molecule has 0 heterocycles. The first kappa shape index (κ1) is 12.7. The van der Waals surface area contributed by atoms with E-state index >= 15 is 0 Å². The number of hydrogen-bond donors (Lipinski definition) is 1. The molecule has 0 fully saturated rings. The number of nitrogens with one attached hydrogen (secondary N) is 1. The maximum atomic E-state index is 11.0. The topological polar surface area (TPSA) is 98.3 Å². The van der Waals surface area contributed by atoms with Crippen LogP contribution in [0, 0.1) is 20.2 Å². The highest BCUT2D eigenvalue weighted by Gasteiger charge is 2.23. The van der Waals surface area contributed by atoms with E-state index in [4.69, 9.17) is 0 Å². The minimum Gasteiger partial charge on any atom is -0.385 e. The van der Waals surface area contributed by atoms with Crippen LogP contribution < -0.4 is 5.32 Å². The monoisotopic (exact) mass is 261 g/mol. The molecule has 1 N–H and O–H groups in total. The van der Waals surface area contributed by atoms with Gasteiger partial charge in [-0.1, -0.05) is 12.1 Å². The molecule has 0 saturated heterocycles. The molecule has 2 aromatic carbocycles. The quantitative estimate of drug-likeness (QED) is 0.673. The second-order valence-corrected chi connectivity index (χ2v) is 3.88. The number of hydrogen-bond acceptors (Lipinski definition) is 5. The van der Waals surface area contributed by atoms with Crippen molar-refractivity contribution in [1.29, 1.82) is 0 Å². The van der Waals surface area contributed by atoms with Crippen molar-refractivity contribution in [2.45, 2.75) is 6.92 Å². The molecule has 0 aliphatic carbocycles. The molecule has 0 radical (unpaired) electrons. The molecule has 19 heavy (non-hydrogen) atoms. The Labute approximate surface area is 108 Å². The molecule has 98 valence electrons. The number of nitrogens with zero attached hydrogens (tertiary/aromatic N) is 2. The van der Waals surface area contributed by atoms with Crippen molar-refractivity contribution in [2.24, 2.45) is 0 Å². The standard InChI is InChI=1S/C12H11N3O4/c1-2-13-9-6-7-11(15(18)19)12-8(9)4-3-5-10(12)14(16)17/h3-7,13H,2H2,1H3. The molecule has 0 aromatic heterocycles. The van der Waals surface area contributed by atoms with Crippen molar-refractivity contribution in [3.63, 3.8) is 0 Å². The largest absolute Gasteiger partial charge is 0.385 e. The smallest absolute Gasteiger partial charge is 0.284 e. The molecule has 0 bridgehead atoms. The first-order chi connectivity index (χ1) is 9.06. The molecule has 2 aromatic rings. The normalized spacial score (nSPS) is 10.4. The van der Waals surface area contributed by atoms with Gasteiger partial charge in [0.1, 0.15) is 5.39 Å². The minimum atomic E-state index is -0.606. The van der Waals surface area contributed by atoms with E-state index in [0.717, 1.165) is 0 Å². The van der Waals surface area contributed by atoms with Crippen LogP contribution in [0.3, 0.4) is 0 Å². The van der Waals surface area contributed by atoms with E-state index in [-0.39, 0.29) is 16.8 Å². The van der Waals surface area contributed by atoms with E-state index in [9.17, 15) is 20.2 Å². The fourth-order valence-corrected chi connectivity index (χ4v) is 2.02. The van der Waals surface area contributed by atoms with Crippen LogP contribution in [0.1, 0.15) is 6.92 Å². The fraction of sp³-hybridized carbons (Fsp3) is 0.167. The Bertz CT molecular complexity index is 649. The van der Waals surface area contributed by atoms with E-state index in [1.807, 2.05) is 6.92 Å². The number of non-ortho nitro benzene ring substituents is 2. The average Bonchev–Trinajstić information content (AvgIpc) is 2.38. The van der Waals surface area contributed by atoms with Gasteiger partial charge in [0.05, 0.1) is 9.85 Å². The van der Waals surface area contributed by atoms with Crippen LogP contribution in [0.25, 0.3) is 10.8 Å². The first-order valence-corrected chi connectivity index (χ1v) is 5.64. The molecule has 0 atom stereocenters. The van der Waals surface area contributed by atoms with Gasteiger partial charge in [-0.3, -0.25) is 20.2 Å². The molecule has 7 heteroatoms. The third-order valence-corrected chi connectivity index (χ3v) is 2.76. The number of fused-ring (bicyclic) bond motifs is 1. The van der Waals surface area contributed by atoms with Crippen molar-refractivity contribution in [1.82, 2.24) is 0 Å². The summed E-state index contributed by atoms with van der Waals surface area (Å²) in [5, 5.41) is 25.6. The highest BCUT2D eigenvalue weighted by atomic mass is 16.6. The van der Waals surface area contributed by atoms with Gasteiger partial charge in [0.25, 0.3) is 11.4 Å². The Balaban J connectivity index is 2.88. The Morgan fingerprint density at radius 3 is 2.26 bits per heavy atom. The van der Waals surface area contributed by atoms with E-state index < -0.39 is 9.85 Å². The van der Waals surface area contributed by atoms with Crippen LogP contribution in [-0.4, -0.2) is 16.4 Å². The first-order valence-electron chi connectivity index (χ1n) is 5.64. The molecule has 0 unspecified atom stereocenters. The average molecular weight is 261 g/mol. The van der Waals surface area contributed by atoms with Crippen LogP contribution in [0.4, 0.5) is 17.1 Å². The van der Waals surface area contributed by atoms with Crippen molar-refractivity contribution in [2.75, 3.05) is 11.9 Å². The van der Waals surface area contributed by atoms with Gasteiger partial charge in [0.2, 0.25) is 0 Å². The Hall–Kier alpha value is -2.70. The second kappa shape index (κ2) is 4.89. The summed E-state index contributed by atoms with van der Waals surface area (Å²) in [6.45, 7) is 2.50. The molecule has 0 aliphatic rings. The van der Waals surface area contributed by atoms with Crippen molar-refractivity contribution >= 4 is 27.8 Å². The summed E-state index contributed by atoms with van der Waals surface area (Å²) < 4.78 is 0. The SMILES string of the molecule is CCNc1ccc([N+](=O)[O-])c2c([N+](=O)[O-])cccc12. The van der Waals surface area contributed by atoms with Crippen molar-refractivity contribution in [3.05, 3.63) is 50.6 Å². The third kappa shape index (κ3) is 2.17. The zero-order valence-corrected chi connectivity index (χ0v) is 10.1. The van der Waals surface area contributed by atoms with Gasteiger partial charge in [-0.25, -0.2) is 0 Å². The summed E-state index contributed by atoms with van der Waals surface area (Å²) in [4.78, 5) is 20.8. The number of nitro groups is 2. The highest BCUT2D eigenvalue weighted by molar-refractivity contribution is 6.05. The Morgan fingerprint density at radius 1 is 1.05 bits per heavy atom. The van der Waals surface area contributed by atoms with E-state index in [2.05, 4.69) is 5.32 Å². The summed E-state index contributed by atoms with van der Waals surface area (Å²) >= 11 is 0. The lowest BCUT2D eigenvalue weighted by Crippen LogP contribution is -2.00. The van der Waals surface area contributed by atoms with Gasteiger partial charge in [0, 0.05) is 29.8 Å². The number of rotatable bonds is 4.